The number of nitrogens with zero attached hydrogens (tertiary/aromatic N) is 3. The number of aromatic nitrogens is 3. The molecular weight excluding hydrogens is 286 g/mol. The molecule has 0 spiro atoms. The van der Waals surface area contributed by atoms with Gasteiger partial charge >= 0.3 is 5.97 Å². The van der Waals surface area contributed by atoms with Crippen LogP contribution >= 0.6 is 15.9 Å². The summed E-state index contributed by atoms with van der Waals surface area (Å²) in [4.78, 5) is 10.7. The van der Waals surface area contributed by atoms with Crippen LogP contribution in [0.1, 0.15) is 11.3 Å². The van der Waals surface area contributed by atoms with E-state index in [1.807, 2.05) is 25.1 Å². The number of halogens is 1. The van der Waals surface area contributed by atoms with Crippen molar-refractivity contribution >= 4 is 21.9 Å². The van der Waals surface area contributed by atoms with Gasteiger partial charge in [0.15, 0.2) is 0 Å². The number of carboxylic acid groups (broad SMARTS) is 1. The van der Waals surface area contributed by atoms with E-state index in [9.17, 15) is 4.79 Å². The lowest BCUT2D eigenvalue weighted by atomic mass is 10.2. The summed E-state index contributed by atoms with van der Waals surface area (Å²) in [5.41, 5.74) is 2.39. The average Bonchev–Trinajstić information content (AvgIpc) is 2.69. The maximum atomic E-state index is 10.7. The third-order valence-corrected chi connectivity index (χ3v) is 3.38. The Bertz CT molecular complexity index is 566. The molecule has 0 amide bonds. The maximum absolute atomic E-state index is 10.7. The van der Waals surface area contributed by atoms with Gasteiger partial charge in [0.2, 0.25) is 0 Å². The number of benzene rings is 1. The Morgan fingerprint density at radius 1 is 1.53 bits per heavy atom. The van der Waals surface area contributed by atoms with Gasteiger partial charge in [-0.1, -0.05) is 17.3 Å². The molecule has 1 aromatic carbocycles. The number of aryl methyl sites for hydroxylation is 1. The second kappa shape index (κ2) is 4.67. The van der Waals surface area contributed by atoms with Crippen molar-refractivity contribution < 1.29 is 9.90 Å². The van der Waals surface area contributed by atoms with Gasteiger partial charge in [0.25, 0.3) is 0 Å². The van der Waals surface area contributed by atoms with Gasteiger partial charge in [-0.25, -0.2) is 4.68 Å². The van der Waals surface area contributed by atoms with Crippen LogP contribution in [0.3, 0.4) is 0 Å². The summed E-state index contributed by atoms with van der Waals surface area (Å²) in [6.07, 6.45) is 1.36. The zero-order valence-corrected chi connectivity index (χ0v) is 10.7. The van der Waals surface area contributed by atoms with Crippen molar-refractivity contribution in [3.05, 3.63) is 40.1 Å². The van der Waals surface area contributed by atoms with Crippen molar-refractivity contribution in [1.82, 2.24) is 15.0 Å². The molecule has 0 fully saturated rings. The third kappa shape index (κ3) is 2.36. The lowest BCUT2D eigenvalue weighted by Gasteiger charge is -2.08. The molecule has 88 valence electrons. The third-order valence-electron chi connectivity index (χ3n) is 2.35. The fourth-order valence-electron chi connectivity index (χ4n) is 1.53. The first kappa shape index (κ1) is 11.8. The van der Waals surface area contributed by atoms with Crippen molar-refractivity contribution in [3.63, 3.8) is 0 Å². The quantitative estimate of drug-likeness (QED) is 0.940. The fourth-order valence-corrected chi connectivity index (χ4v) is 1.96. The van der Waals surface area contributed by atoms with Crippen LogP contribution in [0.5, 0.6) is 0 Å². The van der Waals surface area contributed by atoms with Crippen LogP contribution in [-0.2, 0) is 11.2 Å². The van der Waals surface area contributed by atoms with Crippen molar-refractivity contribution in [3.8, 4) is 5.69 Å². The number of hydrogen-bond donors (Lipinski definition) is 1. The van der Waals surface area contributed by atoms with Crippen LogP contribution in [0.25, 0.3) is 5.69 Å². The first-order chi connectivity index (χ1) is 8.09. The van der Waals surface area contributed by atoms with E-state index < -0.39 is 5.97 Å². The summed E-state index contributed by atoms with van der Waals surface area (Å²) in [5, 5.41) is 16.5. The number of rotatable bonds is 3. The molecule has 2 rings (SSSR count). The highest BCUT2D eigenvalue weighted by atomic mass is 79.9. The van der Waals surface area contributed by atoms with Gasteiger partial charge in [0.05, 0.1) is 24.0 Å². The highest BCUT2D eigenvalue weighted by Gasteiger charge is 2.12. The molecular formula is C11H10BrN3O2. The minimum absolute atomic E-state index is 0.104. The maximum Gasteiger partial charge on any atom is 0.309 e. The number of carbonyl (C=O) groups is 1. The Kier molecular flexibility index (Phi) is 3.23. The van der Waals surface area contributed by atoms with Crippen molar-refractivity contribution in [1.29, 1.82) is 0 Å². The molecule has 0 atom stereocenters. The lowest BCUT2D eigenvalue weighted by Crippen LogP contribution is -2.08. The Morgan fingerprint density at radius 2 is 2.29 bits per heavy atom. The lowest BCUT2D eigenvalue weighted by molar-refractivity contribution is -0.136. The molecule has 0 saturated carbocycles. The van der Waals surface area contributed by atoms with Gasteiger partial charge in [-0.15, -0.1) is 5.10 Å². The summed E-state index contributed by atoms with van der Waals surface area (Å²) >= 11 is 3.47. The van der Waals surface area contributed by atoms with Gasteiger partial charge in [0.1, 0.15) is 0 Å². The Morgan fingerprint density at radius 3 is 3.00 bits per heavy atom. The zero-order chi connectivity index (χ0) is 12.4. The van der Waals surface area contributed by atoms with E-state index >= 15 is 0 Å². The molecule has 2 aromatic rings. The van der Waals surface area contributed by atoms with Gasteiger partial charge in [-0.05, 0) is 34.5 Å². The summed E-state index contributed by atoms with van der Waals surface area (Å²) < 4.78 is 2.42. The molecule has 1 heterocycles. The van der Waals surface area contributed by atoms with Crippen molar-refractivity contribution in [2.75, 3.05) is 0 Å². The van der Waals surface area contributed by atoms with E-state index in [1.165, 1.54) is 10.9 Å². The molecule has 0 radical (unpaired) electrons. The molecule has 1 N–H and O–H groups in total. The molecule has 0 aliphatic carbocycles. The first-order valence-corrected chi connectivity index (χ1v) is 5.75. The highest BCUT2D eigenvalue weighted by molar-refractivity contribution is 9.10. The van der Waals surface area contributed by atoms with Crippen LogP contribution in [0, 0.1) is 6.92 Å². The van der Waals surface area contributed by atoms with E-state index in [-0.39, 0.29) is 6.42 Å². The monoisotopic (exact) mass is 295 g/mol. The smallest absolute Gasteiger partial charge is 0.309 e. The molecule has 0 unspecified atom stereocenters. The minimum atomic E-state index is -0.905. The van der Waals surface area contributed by atoms with Gasteiger partial charge in [-0.3, -0.25) is 4.79 Å². The average molecular weight is 296 g/mol. The summed E-state index contributed by atoms with van der Waals surface area (Å²) in [6, 6.07) is 5.71. The van der Waals surface area contributed by atoms with E-state index in [4.69, 9.17) is 5.11 Å². The normalized spacial score (nSPS) is 10.5. The SMILES string of the molecule is Cc1cccc(-n2nncc2CC(=O)O)c1Br. The number of carboxylic acids is 1. The molecule has 6 heteroatoms. The minimum Gasteiger partial charge on any atom is -0.481 e. The van der Waals surface area contributed by atoms with E-state index in [2.05, 4.69) is 26.2 Å². The molecule has 17 heavy (non-hydrogen) atoms. The predicted molar refractivity (Wildman–Crippen MR) is 65.1 cm³/mol. The molecule has 0 aliphatic heterocycles. The first-order valence-electron chi connectivity index (χ1n) is 4.96. The number of aliphatic carboxylic acids is 1. The molecule has 0 aliphatic rings. The van der Waals surface area contributed by atoms with Crippen molar-refractivity contribution in [2.45, 2.75) is 13.3 Å². The summed E-state index contributed by atoms with van der Waals surface area (Å²) in [7, 11) is 0. The van der Waals surface area contributed by atoms with Crippen LogP contribution in [0.2, 0.25) is 0 Å². The highest BCUT2D eigenvalue weighted by Crippen LogP contribution is 2.24. The van der Waals surface area contributed by atoms with Crippen LogP contribution in [0.4, 0.5) is 0 Å². The van der Waals surface area contributed by atoms with Gasteiger partial charge in [0, 0.05) is 4.47 Å². The van der Waals surface area contributed by atoms with Crippen LogP contribution in [0.15, 0.2) is 28.9 Å². The Labute approximate surface area is 106 Å². The Hall–Kier alpha value is -1.69. The standard InChI is InChI=1S/C11H10BrN3O2/c1-7-3-2-4-9(11(7)12)15-8(5-10(16)17)6-13-14-15/h2-4,6H,5H2,1H3,(H,16,17). The molecule has 5 nitrogen and oxygen atoms in total. The second-order valence-electron chi connectivity index (χ2n) is 3.62. The van der Waals surface area contributed by atoms with Crippen molar-refractivity contribution in [2.24, 2.45) is 0 Å². The molecule has 0 saturated heterocycles. The fraction of sp³-hybridized carbons (Fsp3) is 0.182. The van der Waals surface area contributed by atoms with Crippen LogP contribution < -0.4 is 0 Å². The van der Waals surface area contributed by atoms with E-state index in [0.29, 0.717) is 5.69 Å². The second-order valence-corrected chi connectivity index (χ2v) is 4.41. The topological polar surface area (TPSA) is 68.0 Å². The van der Waals surface area contributed by atoms with E-state index in [1.54, 1.807) is 0 Å². The largest absolute Gasteiger partial charge is 0.481 e. The summed E-state index contributed by atoms with van der Waals surface area (Å²) in [6.45, 7) is 1.96. The van der Waals surface area contributed by atoms with Gasteiger partial charge < -0.3 is 5.11 Å². The summed E-state index contributed by atoms with van der Waals surface area (Å²) in [5.74, 6) is -0.905. The van der Waals surface area contributed by atoms with Gasteiger partial charge in [-0.2, -0.15) is 0 Å². The Balaban J connectivity index is 2.50. The number of hydrogen-bond acceptors (Lipinski definition) is 3. The zero-order valence-electron chi connectivity index (χ0n) is 9.09. The van der Waals surface area contributed by atoms with E-state index in [0.717, 1.165) is 15.7 Å². The molecule has 0 bridgehead atoms. The molecule has 1 aromatic heterocycles. The van der Waals surface area contributed by atoms with Crippen LogP contribution in [-0.4, -0.2) is 26.1 Å². The predicted octanol–water partition coefficient (Wildman–Crippen LogP) is 1.97.